The molecule has 184 valence electrons. The van der Waals surface area contributed by atoms with Crippen LogP contribution in [0.1, 0.15) is 11.4 Å². The Hall–Kier alpha value is -3.70. The summed E-state index contributed by atoms with van der Waals surface area (Å²) in [5.74, 6) is 1.45. The molecule has 3 aromatic heterocycles. The molecule has 0 radical (unpaired) electrons. The first-order chi connectivity index (χ1) is 17.0. The van der Waals surface area contributed by atoms with Gasteiger partial charge in [-0.05, 0) is 32.0 Å². The number of benzene rings is 1. The molecular formula is C24H29FN8O2. The fourth-order valence-corrected chi connectivity index (χ4v) is 4.18. The largest absolute Gasteiger partial charge is 0.421 e. The summed E-state index contributed by atoms with van der Waals surface area (Å²) < 4.78 is 26.2. The molecule has 1 aromatic carbocycles. The van der Waals surface area contributed by atoms with Gasteiger partial charge in [-0.2, -0.15) is 15.1 Å². The molecule has 0 unspecified atom stereocenters. The lowest BCUT2D eigenvalue weighted by molar-refractivity contribution is 0.144. The van der Waals surface area contributed by atoms with E-state index in [1.807, 2.05) is 26.0 Å². The molecule has 0 bridgehead atoms. The van der Waals surface area contributed by atoms with E-state index in [4.69, 9.17) is 9.47 Å². The van der Waals surface area contributed by atoms with Gasteiger partial charge >= 0.3 is 6.01 Å². The van der Waals surface area contributed by atoms with Gasteiger partial charge < -0.3 is 24.7 Å². The number of halogens is 1. The number of ether oxygens (including phenoxy) is 2. The third-order valence-corrected chi connectivity index (χ3v) is 6.00. The van der Waals surface area contributed by atoms with Crippen molar-refractivity contribution < 1.29 is 13.9 Å². The number of H-pyrrole nitrogens is 2. The van der Waals surface area contributed by atoms with Gasteiger partial charge in [0.15, 0.2) is 17.4 Å². The van der Waals surface area contributed by atoms with E-state index in [1.54, 1.807) is 25.3 Å². The van der Waals surface area contributed by atoms with E-state index in [9.17, 15) is 0 Å². The van der Waals surface area contributed by atoms with Gasteiger partial charge in [-0.15, -0.1) is 0 Å². The minimum atomic E-state index is -0.454. The standard InChI is InChI=1S/C24H29FN8O2/c1-15-12-17-18(26-15)4-5-19(23(17)25)35-24-28-20(27-21-13-16(2)30-31-21)14-22(29-24)33-8-6-32(7-9-33)10-11-34-3/h4-5,12-14,26H,6-11H2,1-3H3,(H2,27,28,29,30,31). The third kappa shape index (κ3) is 5.20. The van der Waals surface area contributed by atoms with Crippen molar-refractivity contribution in [1.82, 2.24) is 30.0 Å². The van der Waals surface area contributed by atoms with Crippen LogP contribution >= 0.6 is 0 Å². The van der Waals surface area contributed by atoms with Crippen LogP contribution in [0, 0.1) is 19.7 Å². The monoisotopic (exact) mass is 480 g/mol. The highest BCUT2D eigenvalue weighted by atomic mass is 19.1. The van der Waals surface area contributed by atoms with Crippen molar-refractivity contribution in [3.8, 4) is 11.8 Å². The van der Waals surface area contributed by atoms with E-state index < -0.39 is 5.82 Å². The normalized spacial score (nSPS) is 14.6. The SMILES string of the molecule is COCCN1CCN(c2cc(Nc3cc(C)[nH]n3)nc(Oc3ccc4[nH]c(C)cc4c3F)n2)CC1. The van der Waals surface area contributed by atoms with Gasteiger partial charge in [0.1, 0.15) is 11.6 Å². The molecule has 11 heteroatoms. The zero-order valence-corrected chi connectivity index (χ0v) is 20.1. The minimum absolute atomic E-state index is 0.0598. The highest BCUT2D eigenvalue weighted by Gasteiger charge is 2.21. The molecule has 10 nitrogen and oxygen atoms in total. The maximum atomic E-state index is 15.2. The van der Waals surface area contributed by atoms with Gasteiger partial charge in [0, 0.05) is 74.3 Å². The summed E-state index contributed by atoms with van der Waals surface area (Å²) in [4.78, 5) is 16.8. The van der Waals surface area contributed by atoms with Gasteiger partial charge in [-0.1, -0.05) is 0 Å². The second kappa shape index (κ2) is 9.88. The maximum absolute atomic E-state index is 15.2. The van der Waals surface area contributed by atoms with Crippen LogP contribution in [-0.4, -0.2) is 76.5 Å². The molecular weight excluding hydrogens is 451 g/mol. The molecule has 0 spiro atoms. The predicted molar refractivity (Wildman–Crippen MR) is 132 cm³/mol. The summed E-state index contributed by atoms with van der Waals surface area (Å²) in [6.45, 7) is 8.78. The van der Waals surface area contributed by atoms with Crippen molar-refractivity contribution in [3.05, 3.63) is 47.5 Å². The molecule has 5 rings (SSSR count). The Morgan fingerprint density at radius 2 is 1.86 bits per heavy atom. The Morgan fingerprint density at radius 3 is 2.60 bits per heavy atom. The molecule has 3 N–H and O–H groups in total. The van der Waals surface area contributed by atoms with Gasteiger partial charge in [-0.3, -0.25) is 10.00 Å². The topological polar surface area (TPSA) is 107 Å². The van der Waals surface area contributed by atoms with Gasteiger partial charge in [0.05, 0.1) is 6.61 Å². The number of aryl methyl sites for hydroxylation is 2. The van der Waals surface area contributed by atoms with Crippen molar-refractivity contribution in [2.75, 3.05) is 56.7 Å². The number of aromatic amines is 2. The van der Waals surface area contributed by atoms with Crippen molar-refractivity contribution in [3.63, 3.8) is 0 Å². The van der Waals surface area contributed by atoms with Crippen LogP contribution in [0.5, 0.6) is 11.8 Å². The summed E-state index contributed by atoms with van der Waals surface area (Å²) in [5.41, 5.74) is 2.51. The smallest absolute Gasteiger partial charge is 0.326 e. The van der Waals surface area contributed by atoms with E-state index in [0.717, 1.165) is 44.1 Å². The van der Waals surface area contributed by atoms with Crippen LogP contribution in [0.2, 0.25) is 0 Å². The summed E-state index contributed by atoms with van der Waals surface area (Å²) in [5, 5.41) is 10.8. The molecule has 1 aliphatic heterocycles. The maximum Gasteiger partial charge on any atom is 0.326 e. The summed E-state index contributed by atoms with van der Waals surface area (Å²) >= 11 is 0. The molecule has 0 saturated carbocycles. The Morgan fingerprint density at radius 1 is 1.03 bits per heavy atom. The van der Waals surface area contributed by atoms with Crippen LogP contribution in [0.15, 0.2) is 30.3 Å². The van der Waals surface area contributed by atoms with E-state index in [1.165, 1.54) is 0 Å². The Kier molecular flexibility index (Phi) is 6.51. The molecule has 4 heterocycles. The molecule has 1 saturated heterocycles. The average molecular weight is 481 g/mol. The van der Waals surface area contributed by atoms with Gasteiger partial charge in [0.2, 0.25) is 0 Å². The second-order valence-electron chi connectivity index (χ2n) is 8.67. The number of anilines is 3. The first-order valence-electron chi connectivity index (χ1n) is 11.6. The first-order valence-corrected chi connectivity index (χ1v) is 11.6. The fourth-order valence-electron chi connectivity index (χ4n) is 4.18. The first kappa shape index (κ1) is 23.1. The average Bonchev–Trinajstić information content (AvgIpc) is 3.44. The summed E-state index contributed by atoms with van der Waals surface area (Å²) in [6, 6.07) is 8.92. The molecule has 35 heavy (non-hydrogen) atoms. The number of rotatable bonds is 8. The van der Waals surface area contributed by atoms with E-state index in [-0.39, 0.29) is 11.8 Å². The number of nitrogens with zero attached hydrogens (tertiary/aromatic N) is 5. The highest BCUT2D eigenvalue weighted by molar-refractivity contribution is 5.82. The number of piperazine rings is 1. The number of methoxy groups -OCH3 is 1. The minimum Gasteiger partial charge on any atom is -0.421 e. The quantitative estimate of drug-likeness (QED) is 0.350. The lowest BCUT2D eigenvalue weighted by Gasteiger charge is -2.35. The van der Waals surface area contributed by atoms with Crippen molar-refractivity contribution in [2.45, 2.75) is 13.8 Å². The van der Waals surface area contributed by atoms with Crippen LogP contribution < -0.4 is 15.0 Å². The van der Waals surface area contributed by atoms with Crippen LogP contribution in [-0.2, 0) is 4.74 Å². The third-order valence-electron chi connectivity index (χ3n) is 6.00. The van der Waals surface area contributed by atoms with Crippen molar-refractivity contribution >= 4 is 28.4 Å². The molecule has 4 aromatic rings. The predicted octanol–water partition coefficient (Wildman–Crippen LogP) is 3.74. The fraction of sp³-hybridized carbons (Fsp3) is 0.375. The van der Waals surface area contributed by atoms with Crippen LogP contribution in [0.25, 0.3) is 10.9 Å². The van der Waals surface area contributed by atoms with Crippen LogP contribution in [0.4, 0.5) is 21.8 Å². The molecule has 0 atom stereocenters. The number of hydrogen-bond donors (Lipinski definition) is 3. The molecule has 0 aliphatic carbocycles. The lowest BCUT2D eigenvalue weighted by Crippen LogP contribution is -2.47. The number of hydrogen-bond acceptors (Lipinski definition) is 8. The summed E-state index contributed by atoms with van der Waals surface area (Å²) in [7, 11) is 1.71. The molecule has 1 fully saturated rings. The number of nitrogens with one attached hydrogen (secondary N) is 3. The van der Waals surface area contributed by atoms with Crippen molar-refractivity contribution in [2.24, 2.45) is 0 Å². The Balaban J connectivity index is 1.42. The second-order valence-corrected chi connectivity index (χ2v) is 8.67. The van der Waals surface area contributed by atoms with E-state index >= 15 is 4.39 Å². The zero-order chi connectivity index (χ0) is 24.4. The van der Waals surface area contributed by atoms with Crippen LogP contribution in [0.3, 0.4) is 0 Å². The molecule has 1 aliphatic rings. The van der Waals surface area contributed by atoms with E-state index in [2.05, 4.69) is 40.3 Å². The highest BCUT2D eigenvalue weighted by Crippen LogP contribution is 2.31. The Bertz CT molecular complexity index is 1310. The van der Waals surface area contributed by atoms with Crippen molar-refractivity contribution in [1.29, 1.82) is 0 Å². The molecule has 0 amide bonds. The Labute approximate surface area is 202 Å². The van der Waals surface area contributed by atoms with Gasteiger partial charge in [-0.25, -0.2) is 4.39 Å². The number of aromatic nitrogens is 5. The van der Waals surface area contributed by atoms with E-state index in [0.29, 0.717) is 35.0 Å². The van der Waals surface area contributed by atoms with Gasteiger partial charge in [0.25, 0.3) is 0 Å². The zero-order valence-electron chi connectivity index (χ0n) is 20.1. The summed E-state index contributed by atoms with van der Waals surface area (Å²) in [6.07, 6.45) is 0. The lowest BCUT2D eigenvalue weighted by atomic mass is 10.2. The number of fused-ring (bicyclic) bond motifs is 1.